The highest BCUT2D eigenvalue weighted by atomic mass is 35.5. The van der Waals surface area contributed by atoms with Crippen molar-refractivity contribution in [3.05, 3.63) is 69.8 Å². The van der Waals surface area contributed by atoms with Crippen molar-refractivity contribution in [3.63, 3.8) is 0 Å². The maximum Gasteiger partial charge on any atom is 0.358 e. The largest absolute Gasteiger partial charge is 0.476 e. The maximum absolute atomic E-state index is 11.6. The van der Waals surface area contributed by atoms with Crippen LogP contribution in [0.25, 0.3) is 27.8 Å². The first-order valence-electron chi connectivity index (χ1n) is 8.13. The molecule has 4 aromatic rings. The summed E-state index contributed by atoms with van der Waals surface area (Å²) in [7, 11) is 0. The summed E-state index contributed by atoms with van der Waals surface area (Å²) in [5, 5.41) is 14.6. The second kappa shape index (κ2) is 7.35. The van der Waals surface area contributed by atoms with E-state index in [1.165, 1.54) is 16.2 Å². The number of hydrogen-bond acceptors (Lipinski definition) is 5. The summed E-state index contributed by atoms with van der Waals surface area (Å²) >= 11 is 13.8. The molecule has 2 heterocycles. The maximum atomic E-state index is 11.6. The number of carbonyl (C=O) groups is 1. The van der Waals surface area contributed by atoms with Gasteiger partial charge in [0.2, 0.25) is 0 Å². The van der Waals surface area contributed by atoms with E-state index in [-0.39, 0.29) is 22.2 Å². The number of para-hydroxylation sites is 1. The van der Waals surface area contributed by atoms with Crippen molar-refractivity contribution in [1.82, 2.24) is 19.1 Å². The van der Waals surface area contributed by atoms with Gasteiger partial charge in [-0.05, 0) is 36.7 Å². The van der Waals surface area contributed by atoms with Crippen LogP contribution in [-0.2, 0) is 0 Å². The SMILES string of the molecule is Cc1cccc(-c2nc(-c3c(Cl)c(C(=O)O)nn3-c3ccccc3Cl)ns2)c1. The minimum absolute atomic E-state index is 0.0407. The summed E-state index contributed by atoms with van der Waals surface area (Å²) in [6, 6.07) is 14.8. The molecule has 0 aliphatic carbocycles. The smallest absolute Gasteiger partial charge is 0.358 e. The molecule has 0 aliphatic heterocycles. The number of hydrogen-bond donors (Lipinski definition) is 1. The van der Waals surface area contributed by atoms with E-state index in [1.807, 2.05) is 31.2 Å². The number of halogens is 2. The van der Waals surface area contributed by atoms with Gasteiger partial charge in [-0.3, -0.25) is 0 Å². The lowest BCUT2D eigenvalue weighted by Gasteiger charge is -2.07. The minimum atomic E-state index is -1.24. The van der Waals surface area contributed by atoms with E-state index in [0.29, 0.717) is 15.7 Å². The Kier molecular flexibility index (Phi) is 4.89. The molecule has 0 fully saturated rings. The van der Waals surface area contributed by atoms with E-state index >= 15 is 0 Å². The molecule has 0 aliphatic rings. The van der Waals surface area contributed by atoms with Gasteiger partial charge >= 0.3 is 5.97 Å². The first kappa shape index (κ1) is 18.6. The fourth-order valence-electron chi connectivity index (χ4n) is 2.74. The summed E-state index contributed by atoms with van der Waals surface area (Å²) < 4.78 is 5.76. The second-order valence-electron chi connectivity index (χ2n) is 5.97. The van der Waals surface area contributed by atoms with Gasteiger partial charge in [0.15, 0.2) is 11.5 Å². The van der Waals surface area contributed by atoms with Crippen LogP contribution in [0, 0.1) is 6.92 Å². The lowest BCUT2D eigenvalue weighted by atomic mass is 10.1. The van der Waals surface area contributed by atoms with Crippen LogP contribution in [0.4, 0.5) is 0 Å². The van der Waals surface area contributed by atoms with E-state index in [2.05, 4.69) is 14.5 Å². The Morgan fingerprint density at radius 1 is 1.14 bits per heavy atom. The third-order valence-corrected chi connectivity index (χ3v) is 5.46. The molecule has 0 unspecified atom stereocenters. The molecular formula is C19H12Cl2N4O2S. The molecule has 2 aromatic carbocycles. The standard InChI is InChI=1S/C19H12Cl2N4O2S/c1-10-5-4-6-11(9-10)18-22-17(24-28-18)16-14(21)15(19(26)27)23-25(16)13-8-3-2-7-12(13)20/h2-9H,1H3,(H,26,27). The average molecular weight is 431 g/mol. The Balaban J connectivity index is 1.91. The van der Waals surface area contributed by atoms with Crippen molar-refractivity contribution in [3.8, 4) is 27.8 Å². The molecule has 0 saturated heterocycles. The molecular weight excluding hydrogens is 419 g/mol. The van der Waals surface area contributed by atoms with Crippen LogP contribution in [0.15, 0.2) is 48.5 Å². The van der Waals surface area contributed by atoms with Gasteiger partial charge < -0.3 is 5.11 Å². The highest BCUT2D eigenvalue weighted by Gasteiger charge is 2.27. The van der Waals surface area contributed by atoms with Crippen molar-refractivity contribution < 1.29 is 9.90 Å². The molecule has 6 nitrogen and oxygen atoms in total. The molecule has 9 heteroatoms. The molecule has 28 heavy (non-hydrogen) atoms. The predicted octanol–water partition coefficient (Wildman–Crippen LogP) is 5.37. The summed E-state index contributed by atoms with van der Waals surface area (Å²) in [4.78, 5) is 16.1. The molecule has 2 aromatic heterocycles. The lowest BCUT2D eigenvalue weighted by Crippen LogP contribution is -2.03. The zero-order chi connectivity index (χ0) is 19.8. The van der Waals surface area contributed by atoms with E-state index in [4.69, 9.17) is 23.2 Å². The first-order valence-corrected chi connectivity index (χ1v) is 9.66. The number of nitrogens with zero attached hydrogens (tertiary/aromatic N) is 4. The van der Waals surface area contributed by atoms with Crippen LogP contribution in [0.2, 0.25) is 10.0 Å². The Bertz CT molecular complexity index is 1200. The van der Waals surface area contributed by atoms with Gasteiger partial charge in [0, 0.05) is 5.56 Å². The number of aryl methyl sites for hydroxylation is 1. The third-order valence-electron chi connectivity index (χ3n) is 4.01. The van der Waals surface area contributed by atoms with Gasteiger partial charge in [-0.1, -0.05) is 59.1 Å². The highest BCUT2D eigenvalue weighted by Crippen LogP contribution is 2.35. The topological polar surface area (TPSA) is 80.9 Å². The summed E-state index contributed by atoms with van der Waals surface area (Å²) in [5.74, 6) is -0.961. The van der Waals surface area contributed by atoms with Crippen LogP contribution < -0.4 is 0 Å². The van der Waals surface area contributed by atoms with Gasteiger partial charge in [0.05, 0.1) is 10.7 Å². The monoisotopic (exact) mass is 430 g/mol. The van der Waals surface area contributed by atoms with Crippen molar-refractivity contribution in [1.29, 1.82) is 0 Å². The molecule has 0 amide bonds. The van der Waals surface area contributed by atoms with Gasteiger partial charge in [-0.15, -0.1) is 0 Å². The number of carboxylic acid groups (broad SMARTS) is 1. The molecule has 1 N–H and O–H groups in total. The van der Waals surface area contributed by atoms with Gasteiger partial charge in [-0.25, -0.2) is 14.5 Å². The van der Waals surface area contributed by atoms with Crippen molar-refractivity contribution >= 4 is 40.7 Å². The highest BCUT2D eigenvalue weighted by molar-refractivity contribution is 7.09. The zero-order valence-electron chi connectivity index (χ0n) is 14.4. The normalized spacial score (nSPS) is 11.0. The molecule has 0 atom stereocenters. The quantitative estimate of drug-likeness (QED) is 0.470. The Labute approximate surface area is 174 Å². The Hall–Kier alpha value is -2.74. The molecule has 0 bridgehead atoms. The van der Waals surface area contributed by atoms with E-state index < -0.39 is 5.97 Å². The number of rotatable bonds is 4. The lowest BCUT2D eigenvalue weighted by molar-refractivity contribution is 0.0690. The van der Waals surface area contributed by atoms with Gasteiger partial charge in [-0.2, -0.15) is 9.47 Å². The van der Waals surface area contributed by atoms with E-state index in [1.54, 1.807) is 24.3 Å². The number of benzene rings is 2. The van der Waals surface area contributed by atoms with Gasteiger partial charge in [0.1, 0.15) is 15.7 Å². The molecule has 0 spiro atoms. The Morgan fingerprint density at radius 3 is 2.64 bits per heavy atom. The van der Waals surface area contributed by atoms with Crippen LogP contribution >= 0.6 is 34.7 Å². The Morgan fingerprint density at radius 2 is 1.93 bits per heavy atom. The first-order chi connectivity index (χ1) is 13.5. The summed E-state index contributed by atoms with van der Waals surface area (Å²) in [6.45, 7) is 1.99. The van der Waals surface area contributed by atoms with Crippen molar-refractivity contribution in [2.75, 3.05) is 0 Å². The third kappa shape index (κ3) is 3.28. The second-order valence-corrected chi connectivity index (χ2v) is 7.51. The average Bonchev–Trinajstić information content (AvgIpc) is 3.27. The predicted molar refractivity (Wildman–Crippen MR) is 110 cm³/mol. The molecule has 140 valence electrons. The number of carboxylic acids is 1. The fourth-order valence-corrected chi connectivity index (χ4v) is 3.90. The van der Waals surface area contributed by atoms with Crippen LogP contribution in [-0.4, -0.2) is 30.2 Å². The van der Waals surface area contributed by atoms with E-state index in [0.717, 1.165) is 11.1 Å². The molecule has 0 radical (unpaired) electrons. The van der Waals surface area contributed by atoms with Crippen LogP contribution in [0.5, 0.6) is 0 Å². The van der Waals surface area contributed by atoms with Gasteiger partial charge in [0.25, 0.3) is 0 Å². The zero-order valence-corrected chi connectivity index (χ0v) is 16.8. The van der Waals surface area contributed by atoms with Crippen molar-refractivity contribution in [2.45, 2.75) is 6.92 Å². The summed E-state index contributed by atoms with van der Waals surface area (Å²) in [5.41, 5.74) is 2.50. The fraction of sp³-hybridized carbons (Fsp3) is 0.0526. The number of aromatic carboxylic acids is 1. The number of aromatic nitrogens is 4. The minimum Gasteiger partial charge on any atom is -0.476 e. The van der Waals surface area contributed by atoms with Crippen molar-refractivity contribution in [2.24, 2.45) is 0 Å². The van der Waals surface area contributed by atoms with Crippen LogP contribution in [0.1, 0.15) is 16.1 Å². The molecule has 0 saturated carbocycles. The molecule has 4 rings (SSSR count). The van der Waals surface area contributed by atoms with E-state index in [9.17, 15) is 9.90 Å². The summed E-state index contributed by atoms with van der Waals surface area (Å²) in [6.07, 6.45) is 0. The van der Waals surface area contributed by atoms with Crippen LogP contribution in [0.3, 0.4) is 0 Å².